The summed E-state index contributed by atoms with van der Waals surface area (Å²) in [6.45, 7) is 11.1. The van der Waals surface area contributed by atoms with Gasteiger partial charge in [0.2, 0.25) is 0 Å². The molecule has 282 valence electrons. The first-order valence-corrected chi connectivity index (χ1v) is 18.7. The molecular weight excluding hydrogens is 866 g/mol. The molecule has 6 aromatic carbocycles. The fourth-order valence-corrected chi connectivity index (χ4v) is 7.29. The molecule has 0 bridgehead atoms. The predicted octanol–water partition coefficient (Wildman–Crippen LogP) is 13.2. The van der Waals surface area contributed by atoms with Crippen molar-refractivity contribution in [3.8, 4) is 67.5 Å². The number of hydrogen-bond acceptors (Lipinski definition) is 3. The van der Waals surface area contributed by atoms with E-state index in [1.165, 1.54) is 11.1 Å². The van der Waals surface area contributed by atoms with E-state index in [1.807, 2.05) is 48.5 Å². The maximum absolute atomic E-state index is 11.3. The zero-order chi connectivity index (χ0) is 41.0. The van der Waals surface area contributed by atoms with Crippen molar-refractivity contribution >= 4 is 11.0 Å². The molecule has 0 radical (unpaired) electrons. The third-order valence-electron chi connectivity index (χ3n) is 10.3. The quantitative estimate of drug-likeness (QED) is 0.169. The fourth-order valence-electron chi connectivity index (χ4n) is 7.29. The summed E-state index contributed by atoms with van der Waals surface area (Å²) in [5.74, 6) is 0.791. The van der Waals surface area contributed by atoms with Crippen LogP contribution >= 0.6 is 0 Å². The summed E-state index contributed by atoms with van der Waals surface area (Å²) in [6, 6.07) is 49.8. The Hall–Kier alpha value is -5.57. The van der Waals surface area contributed by atoms with Crippen LogP contribution in [0.5, 0.6) is 5.75 Å². The SMILES string of the molecule is [2H]C([2H])([2H])c1ccc(-c2ccnc(-c3[c-]c(-c4cccc5c4nc(-c4ccccc4O)n5-c4ccc(-c5ccccc5)c(C(C)(C)C)c4)cc(C(C)(C)C)c3)c2)cc1.[Pt]. The van der Waals surface area contributed by atoms with Gasteiger partial charge in [0.15, 0.2) is 0 Å². The predicted molar refractivity (Wildman–Crippen MR) is 229 cm³/mol. The van der Waals surface area contributed by atoms with Crippen LogP contribution in [0.15, 0.2) is 146 Å². The Morgan fingerprint density at radius 2 is 1.34 bits per heavy atom. The van der Waals surface area contributed by atoms with E-state index in [9.17, 15) is 5.11 Å². The summed E-state index contributed by atoms with van der Waals surface area (Å²) in [4.78, 5) is 10.2. The van der Waals surface area contributed by atoms with Crippen LogP contribution < -0.4 is 0 Å². The van der Waals surface area contributed by atoms with Crippen molar-refractivity contribution in [1.29, 1.82) is 0 Å². The number of para-hydroxylation sites is 2. The zero-order valence-corrected chi connectivity index (χ0v) is 34.7. The summed E-state index contributed by atoms with van der Waals surface area (Å²) in [5.41, 5.74) is 13.1. The van der Waals surface area contributed by atoms with Crippen LogP contribution in [-0.4, -0.2) is 19.6 Å². The summed E-state index contributed by atoms with van der Waals surface area (Å²) in [6.07, 6.45) is 1.79. The Labute approximate surface area is 349 Å². The molecule has 0 spiro atoms. The first-order valence-electron chi connectivity index (χ1n) is 20.2. The third-order valence-corrected chi connectivity index (χ3v) is 10.3. The molecule has 0 aliphatic carbocycles. The summed E-state index contributed by atoms with van der Waals surface area (Å²) in [7, 11) is 0. The number of pyridine rings is 1. The first kappa shape index (κ1) is 34.9. The normalized spacial score (nSPS) is 12.8. The number of fused-ring (bicyclic) bond motifs is 1. The van der Waals surface area contributed by atoms with E-state index in [-0.39, 0.29) is 37.6 Å². The largest absolute Gasteiger partial charge is 0.507 e. The van der Waals surface area contributed by atoms with Crippen LogP contribution in [0.2, 0.25) is 0 Å². The molecule has 8 aromatic rings. The molecule has 0 aliphatic rings. The molecule has 0 unspecified atom stereocenters. The number of aromatic nitrogens is 3. The number of aromatic hydroxyl groups is 1. The number of aryl methyl sites for hydroxylation is 1. The second-order valence-electron chi connectivity index (χ2n) is 16.3. The molecule has 4 nitrogen and oxygen atoms in total. The molecule has 0 saturated carbocycles. The summed E-state index contributed by atoms with van der Waals surface area (Å²) >= 11 is 0. The third kappa shape index (κ3) is 7.51. The Bertz CT molecular complexity index is 2800. The van der Waals surface area contributed by atoms with Gasteiger partial charge < -0.3 is 5.11 Å². The van der Waals surface area contributed by atoms with E-state index in [2.05, 4.69) is 125 Å². The van der Waals surface area contributed by atoms with Crippen molar-refractivity contribution in [1.82, 2.24) is 14.5 Å². The molecule has 5 heteroatoms. The molecule has 1 N–H and O–H groups in total. The van der Waals surface area contributed by atoms with Crippen molar-refractivity contribution in [2.45, 2.75) is 59.2 Å². The van der Waals surface area contributed by atoms with Gasteiger partial charge >= 0.3 is 0 Å². The molecule has 8 rings (SSSR count). The van der Waals surface area contributed by atoms with Gasteiger partial charge in [-0.3, -0.25) is 9.55 Å². The van der Waals surface area contributed by atoms with Crippen LogP contribution in [0.3, 0.4) is 0 Å². The van der Waals surface area contributed by atoms with Gasteiger partial charge in [0.05, 0.1) is 16.6 Å². The molecular formula is C51H46N3OPt-. The van der Waals surface area contributed by atoms with Crippen LogP contribution in [0.1, 0.15) is 62.3 Å². The first-order chi connectivity index (χ1) is 27.6. The maximum Gasteiger partial charge on any atom is 0.148 e. The van der Waals surface area contributed by atoms with Gasteiger partial charge in [-0.1, -0.05) is 149 Å². The minimum atomic E-state index is -2.16. The van der Waals surface area contributed by atoms with E-state index < -0.39 is 6.85 Å². The summed E-state index contributed by atoms with van der Waals surface area (Å²) < 4.78 is 25.5. The van der Waals surface area contributed by atoms with E-state index in [0.29, 0.717) is 17.0 Å². The number of benzene rings is 6. The molecule has 56 heavy (non-hydrogen) atoms. The number of phenolic OH excluding ortho intramolecular Hbond substituents is 1. The summed E-state index contributed by atoms with van der Waals surface area (Å²) in [5, 5.41) is 11.3. The monoisotopic (exact) mass is 914 g/mol. The second-order valence-corrected chi connectivity index (χ2v) is 16.3. The Kier molecular flexibility index (Phi) is 9.45. The van der Waals surface area contributed by atoms with E-state index in [1.54, 1.807) is 24.4 Å². The number of phenols is 1. The van der Waals surface area contributed by atoms with Crippen LogP contribution in [0.25, 0.3) is 72.7 Å². The molecule has 0 saturated heterocycles. The minimum Gasteiger partial charge on any atom is -0.507 e. The van der Waals surface area contributed by atoms with E-state index >= 15 is 0 Å². The molecule has 0 atom stereocenters. The van der Waals surface area contributed by atoms with Gasteiger partial charge in [0.1, 0.15) is 11.6 Å². The Morgan fingerprint density at radius 1 is 0.625 bits per heavy atom. The molecule has 0 aliphatic heterocycles. The molecule has 0 amide bonds. The number of rotatable bonds is 6. The number of imidazole rings is 1. The van der Waals surface area contributed by atoms with Gasteiger partial charge in [0, 0.05) is 42.8 Å². The maximum atomic E-state index is 11.3. The van der Waals surface area contributed by atoms with Crippen molar-refractivity contribution in [2.24, 2.45) is 0 Å². The van der Waals surface area contributed by atoms with E-state index in [0.717, 1.165) is 61.4 Å². The molecule has 2 heterocycles. The Morgan fingerprint density at radius 3 is 2.05 bits per heavy atom. The second kappa shape index (κ2) is 15.2. The fraction of sp³-hybridized carbons (Fsp3) is 0.176. The topological polar surface area (TPSA) is 50.9 Å². The standard InChI is InChI=1S/C51H46N3O.Pt/c1-33-20-22-34(23-21-33)36-26-27-52-45(31-36)38-28-37(29-39(30-38)50(2,3)4)42-17-13-18-46-48(42)53-49(43-16-11-12-19-47(43)55)54(46)40-24-25-41(35-14-9-8-10-15-35)44(32-40)51(5,6)7;/h8-27,29-32,55H,1-7H3;/q-1;/i1D3;. The average molecular weight is 915 g/mol. The van der Waals surface area contributed by atoms with Gasteiger partial charge in [-0.15, -0.1) is 29.3 Å². The smallest absolute Gasteiger partial charge is 0.148 e. The van der Waals surface area contributed by atoms with Crippen molar-refractivity contribution in [2.75, 3.05) is 0 Å². The van der Waals surface area contributed by atoms with Gasteiger partial charge in [-0.05, 0) is 81.9 Å². The Balaban J connectivity index is 0.00000528. The van der Waals surface area contributed by atoms with Crippen molar-refractivity contribution in [3.05, 3.63) is 168 Å². The van der Waals surface area contributed by atoms with Crippen LogP contribution in [0, 0.1) is 12.9 Å². The minimum absolute atomic E-state index is 0. The van der Waals surface area contributed by atoms with Gasteiger partial charge in [-0.25, -0.2) is 4.98 Å². The van der Waals surface area contributed by atoms with Crippen molar-refractivity contribution < 1.29 is 30.3 Å². The molecule has 2 aromatic heterocycles. The average Bonchev–Trinajstić information content (AvgIpc) is 3.60. The van der Waals surface area contributed by atoms with Crippen molar-refractivity contribution in [3.63, 3.8) is 0 Å². The van der Waals surface area contributed by atoms with Gasteiger partial charge in [-0.2, -0.15) is 0 Å². The molecule has 0 fully saturated rings. The van der Waals surface area contributed by atoms with Gasteiger partial charge in [0.25, 0.3) is 0 Å². The number of nitrogens with zero attached hydrogens (tertiary/aromatic N) is 3. The zero-order valence-electron chi connectivity index (χ0n) is 35.5. The van der Waals surface area contributed by atoms with Crippen LogP contribution in [0.4, 0.5) is 0 Å². The number of hydrogen-bond donors (Lipinski definition) is 1. The van der Waals surface area contributed by atoms with E-state index in [4.69, 9.17) is 14.1 Å². The van der Waals surface area contributed by atoms with Crippen LogP contribution in [-0.2, 0) is 31.9 Å².